The average Bonchev–Trinajstić information content (AvgIpc) is 2.89. The molecule has 0 radical (unpaired) electrons. The number of imide groups is 1. The van der Waals surface area contributed by atoms with Gasteiger partial charge in [0.2, 0.25) is 5.91 Å². The molecule has 0 aliphatic rings. The third kappa shape index (κ3) is 5.83. The summed E-state index contributed by atoms with van der Waals surface area (Å²) < 4.78 is 0. The van der Waals surface area contributed by atoms with Gasteiger partial charge in [0.25, 0.3) is 0 Å². The lowest BCUT2D eigenvalue weighted by atomic mass is 10.1. The molecule has 7 heteroatoms. The van der Waals surface area contributed by atoms with E-state index in [0.717, 1.165) is 17.7 Å². The minimum absolute atomic E-state index is 0.132. The van der Waals surface area contributed by atoms with Crippen molar-refractivity contribution in [2.75, 3.05) is 0 Å². The first kappa shape index (κ1) is 16.2. The van der Waals surface area contributed by atoms with Gasteiger partial charge in [0.1, 0.15) is 0 Å². The van der Waals surface area contributed by atoms with E-state index in [1.165, 1.54) is 0 Å². The Kier molecular flexibility index (Phi) is 6.72. The van der Waals surface area contributed by atoms with Crippen LogP contribution in [-0.4, -0.2) is 23.0 Å². The van der Waals surface area contributed by atoms with Crippen LogP contribution in [0.15, 0.2) is 17.5 Å². The molecule has 20 heavy (non-hydrogen) atoms. The van der Waals surface area contributed by atoms with Crippen LogP contribution in [0.3, 0.4) is 0 Å². The molecule has 1 aromatic rings. The number of carboxylic acids is 1. The van der Waals surface area contributed by atoms with E-state index < -0.39 is 17.9 Å². The molecule has 1 heterocycles. The summed E-state index contributed by atoms with van der Waals surface area (Å²) in [5, 5.41) is 15.3. The largest absolute Gasteiger partial charge is 0.481 e. The molecular weight excluding hydrogens is 280 g/mol. The molecule has 110 valence electrons. The fourth-order valence-corrected chi connectivity index (χ4v) is 2.48. The lowest BCUT2D eigenvalue weighted by molar-refractivity contribution is -0.138. The molecule has 3 N–H and O–H groups in total. The maximum Gasteiger partial charge on any atom is 0.321 e. The van der Waals surface area contributed by atoms with Gasteiger partial charge in [-0.1, -0.05) is 19.4 Å². The quantitative estimate of drug-likeness (QED) is 0.719. The number of rotatable bonds is 7. The van der Waals surface area contributed by atoms with E-state index in [0.29, 0.717) is 0 Å². The van der Waals surface area contributed by atoms with Gasteiger partial charge >= 0.3 is 12.0 Å². The van der Waals surface area contributed by atoms with Crippen LogP contribution in [0.5, 0.6) is 0 Å². The molecule has 0 saturated carbocycles. The number of urea groups is 1. The van der Waals surface area contributed by atoms with Crippen molar-refractivity contribution < 1.29 is 19.5 Å². The van der Waals surface area contributed by atoms with Gasteiger partial charge in [-0.3, -0.25) is 14.9 Å². The maximum absolute atomic E-state index is 11.7. The van der Waals surface area contributed by atoms with Crippen molar-refractivity contribution >= 4 is 29.2 Å². The lowest BCUT2D eigenvalue weighted by Gasteiger charge is -2.16. The molecule has 3 amide bonds. The molecule has 1 unspecified atom stereocenters. The first-order valence-electron chi connectivity index (χ1n) is 6.38. The number of nitrogens with one attached hydrogen (secondary N) is 2. The zero-order chi connectivity index (χ0) is 15.0. The van der Waals surface area contributed by atoms with Crippen LogP contribution in [0.1, 0.15) is 43.5 Å². The molecule has 0 saturated heterocycles. The minimum atomic E-state index is -1.07. The van der Waals surface area contributed by atoms with Crippen molar-refractivity contribution in [2.24, 2.45) is 0 Å². The molecule has 0 spiro atoms. The van der Waals surface area contributed by atoms with Gasteiger partial charge in [-0.05, 0) is 17.9 Å². The van der Waals surface area contributed by atoms with Crippen LogP contribution in [0.25, 0.3) is 0 Å². The molecule has 0 fully saturated rings. The van der Waals surface area contributed by atoms with Crippen LogP contribution < -0.4 is 10.6 Å². The third-order valence-corrected chi connectivity index (χ3v) is 3.57. The van der Waals surface area contributed by atoms with Gasteiger partial charge in [0.05, 0.1) is 12.5 Å². The minimum Gasteiger partial charge on any atom is -0.481 e. The zero-order valence-electron chi connectivity index (χ0n) is 11.2. The third-order valence-electron chi connectivity index (χ3n) is 2.59. The highest BCUT2D eigenvalue weighted by Crippen LogP contribution is 2.22. The highest BCUT2D eigenvalue weighted by atomic mass is 32.1. The molecule has 1 atom stereocenters. The number of hydrogen-bond acceptors (Lipinski definition) is 4. The summed E-state index contributed by atoms with van der Waals surface area (Å²) in [6.07, 6.45) is 1.18. The van der Waals surface area contributed by atoms with Gasteiger partial charge in [0, 0.05) is 11.3 Å². The second-order valence-corrected chi connectivity index (χ2v) is 5.25. The number of carboxylic acid groups (broad SMARTS) is 1. The van der Waals surface area contributed by atoms with E-state index in [-0.39, 0.29) is 18.9 Å². The molecular formula is C13H18N2O4S. The van der Waals surface area contributed by atoms with Crippen molar-refractivity contribution in [1.29, 1.82) is 0 Å². The lowest BCUT2D eigenvalue weighted by Crippen LogP contribution is -2.41. The Balaban J connectivity index is 2.46. The first-order valence-corrected chi connectivity index (χ1v) is 7.26. The standard InChI is InChI=1S/C13H18N2O4S/c1-2-4-9(10-5-3-8-20-10)14-13(19)15-11(16)6-7-12(17)18/h3,5,8-9H,2,4,6-7H2,1H3,(H,17,18)(H2,14,15,16,19). The number of thiophene rings is 1. The molecule has 0 aliphatic carbocycles. The maximum atomic E-state index is 11.7. The van der Waals surface area contributed by atoms with Gasteiger partial charge in [-0.15, -0.1) is 11.3 Å². The number of amides is 3. The number of aliphatic carboxylic acids is 1. The Labute approximate surface area is 121 Å². The highest BCUT2D eigenvalue weighted by molar-refractivity contribution is 7.10. The molecule has 6 nitrogen and oxygen atoms in total. The summed E-state index contributed by atoms with van der Waals surface area (Å²) in [6, 6.07) is 3.11. The summed E-state index contributed by atoms with van der Waals surface area (Å²) >= 11 is 1.54. The number of hydrogen-bond donors (Lipinski definition) is 3. The Hall–Kier alpha value is -1.89. The molecule has 1 rings (SSSR count). The van der Waals surface area contributed by atoms with Crippen molar-refractivity contribution in [3.8, 4) is 0 Å². The van der Waals surface area contributed by atoms with E-state index in [1.807, 2.05) is 24.4 Å². The predicted octanol–water partition coefficient (Wildman–Crippen LogP) is 2.28. The first-order chi connectivity index (χ1) is 9.52. The van der Waals surface area contributed by atoms with Crippen molar-refractivity contribution in [1.82, 2.24) is 10.6 Å². The van der Waals surface area contributed by atoms with E-state index >= 15 is 0 Å². The second-order valence-electron chi connectivity index (χ2n) is 4.27. The average molecular weight is 298 g/mol. The normalized spacial score (nSPS) is 11.7. The Morgan fingerprint density at radius 3 is 2.65 bits per heavy atom. The van der Waals surface area contributed by atoms with Gasteiger partial charge < -0.3 is 10.4 Å². The van der Waals surface area contributed by atoms with Gasteiger partial charge in [-0.2, -0.15) is 0 Å². The smallest absolute Gasteiger partial charge is 0.321 e. The SMILES string of the molecule is CCCC(NC(=O)NC(=O)CCC(=O)O)c1cccs1. The van der Waals surface area contributed by atoms with E-state index in [1.54, 1.807) is 11.3 Å². The van der Waals surface area contributed by atoms with Crippen molar-refractivity contribution in [3.05, 3.63) is 22.4 Å². The summed E-state index contributed by atoms with van der Waals surface area (Å²) in [5.41, 5.74) is 0. The van der Waals surface area contributed by atoms with E-state index in [9.17, 15) is 14.4 Å². The van der Waals surface area contributed by atoms with Crippen LogP contribution in [0.2, 0.25) is 0 Å². The summed E-state index contributed by atoms with van der Waals surface area (Å²) in [7, 11) is 0. The topological polar surface area (TPSA) is 95.5 Å². The number of carbonyl (C=O) groups is 3. The highest BCUT2D eigenvalue weighted by Gasteiger charge is 2.16. The van der Waals surface area contributed by atoms with Crippen molar-refractivity contribution in [3.63, 3.8) is 0 Å². The fraction of sp³-hybridized carbons (Fsp3) is 0.462. The van der Waals surface area contributed by atoms with Crippen LogP contribution in [0.4, 0.5) is 4.79 Å². The predicted molar refractivity (Wildman–Crippen MR) is 75.5 cm³/mol. The molecule has 0 aliphatic heterocycles. The van der Waals surface area contributed by atoms with Crippen LogP contribution >= 0.6 is 11.3 Å². The Morgan fingerprint density at radius 1 is 1.35 bits per heavy atom. The Morgan fingerprint density at radius 2 is 2.10 bits per heavy atom. The zero-order valence-corrected chi connectivity index (χ0v) is 12.0. The molecule has 0 aromatic carbocycles. The number of carbonyl (C=O) groups excluding carboxylic acids is 2. The molecule has 1 aromatic heterocycles. The van der Waals surface area contributed by atoms with Crippen LogP contribution in [-0.2, 0) is 9.59 Å². The Bertz CT molecular complexity index is 459. The van der Waals surface area contributed by atoms with Crippen molar-refractivity contribution in [2.45, 2.75) is 38.6 Å². The monoisotopic (exact) mass is 298 g/mol. The summed E-state index contributed by atoms with van der Waals surface area (Å²) in [4.78, 5) is 34.4. The summed E-state index contributed by atoms with van der Waals surface area (Å²) in [6.45, 7) is 2.01. The van der Waals surface area contributed by atoms with E-state index in [2.05, 4.69) is 10.6 Å². The molecule has 0 bridgehead atoms. The van der Waals surface area contributed by atoms with Gasteiger partial charge in [-0.25, -0.2) is 4.79 Å². The van der Waals surface area contributed by atoms with Gasteiger partial charge in [0.15, 0.2) is 0 Å². The van der Waals surface area contributed by atoms with E-state index in [4.69, 9.17) is 5.11 Å². The summed E-state index contributed by atoms with van der Waals surface area (Å²) in [5.74, 6) is -1.66. The second kappa shape index (κ2) is 8.31. The van der Waals surface area contributed by atoms with Crippen LogP contribution in [0, 0.1) is 0 Å². The fourth-order valence-electron chi connectivity index (χ4n) is 1.67.